The molecule has 1 aromatic heterocycles. The van der Waals surface area contributed by atoms with Crippen LogP contribution >= 0.6 is 0 Å². The van der Waals surface area contributed by atoms with E-state index in [1.807, 2.05) is 32.0 Å². The number of esters is 1. The molecule has 8 nitrogen and oxygen atoms in total. The third-order valence-corrected chi connectivity index (χ3v) is 8.30. The summed E-state index contributed by atoms with van der Waals surface area (Å²) in [6.45, 7) is 4.50. The molecule has 35 heavy (non-hydrogen) atoms. The second-order valence-corrected chi connectivity index (χ2v) is 10.4. The summed E-state index contributed by atoms with van der Waals surface area (Å²) in [4.78, 5) is 28.7. The van der Waals surface area contributed by atoms with Gasteiger partial charge < -0.3 is 14.5 Å². The molecule has 0 amide bonds. The highest BCUT2D eigenvalue weighted by molar-refractivity contribution is 7.89. The van der Waals surface area contributed by atoms with Crippen LogP contribution in [0.2, 0.25) is 0 Å². The predicted octanol–water partition coefficient (Wildman–Crippen LogP) is 3.96. The Morgan fingerprint density at radius 3 is 2.43 bits per heavy atom. The first-order chi connectivity index (χ1) is 16.8. The van der Waals surface area contributed by atoms with Gasteiger partial charge in [-0.05, 0) is 56.0 Å². The largest absolute Gasteiger partial charge is 0.494 e. The van der Waals surface area contributed by atoms with Crippen LogP contribution in [0.4, 0.5) is 0 Å². The number of hydrogen-bond donors (Lipinski definition) is 1. The van der Waals surface area contributed by atoms with Crippen LogP contribution in [-0.2, 0) is 26.0 Å². The fourth-order valence-electron chi connectivity index (χ4n) is 4.43. The maximum Gasteiger partial charge on any atom is 0.309 e. The van der Waals surface area contributed by atoms with Gasteiger partial charge in [-0.1, -0.05) is 25.1 Å². The molecule has 1 N–H and O–H groups in total. The Balaban J connectivity index is 1.32. The van der Waals surface area contributed by atoms with Gasteiger partial charge in [-0.3, -0.25) is 9.59 Å². The van der Waals surface area contributed by atoms with Crippen molar-refractivity contribution in [1.82, 2.24) is 9.29 Å². The van der Waals surface area contributed by atoms with E-state index >= 15 is 0 Å². The number of aryl methyl sites for hydroxylation is 1. The molecular formula is C26H30N2O6S. The first-order valence-electron chi connectivity index (χ1n) is 11.9. The Labute approximate surface area is 205 Å². The number of aromatic amines is 1. The van der Waals surface area contributed by atoms with Crippen molar-refractivity contribution < 1.29 is 27.5 Å². The standard InChI is InChI=1S/C26H30N2O6S/c1-3-18-6-5-7-22-23(16-27-25(18)22)24(29)17-34-26(30)19-12-14-28(15-13-19)35(31,32)21-10-8-20(9-11-21)33-4-2/h5-11,16,19,27H,3-4,12-15,17H2,1-2H3. The maximum absolute atomic E-state index is 13.0. The van der Waals surface area contributed by atoms with E-state index in [1.54, 1.807) is 18.3 Å². The molecule has 2 heterocycles. The van der Waals surface area contributed by atoms with Crippen LogP contribution in [0.25, 0.3) is 10.9 Å². The average molecular weight is 499 g/mol. The second kappa shape index (κ2) is 10.6. The Bertz CT molecular complexity index is 1310. The molecule has 1 aliphatic heterocycles. The van der Waals surface area contributed by atoms with Crippen molar-refractivity contribution in [2.45, 2.75) is 38.0 Å². The topological polar surface area (TPSA) is 106 Å². The molecule has 2 aromatic carbocycles. The molecule has 0 bridgehead atoms. The number of carbonyl (C=O) groups excluding carboxylic acids is 2. The van der Waals surface area contributed by atoms with E-state index in [0.29, 0.717) is 30.8 Å². The quantitative estimate of drug-likeness (QED) is 0.354. The second-order valence-electron chi connectivity index (χ2n) is 8.51. The van der Waals surface area contributed by atoms with Crippen molar-refractivity contribution in [3.63, 3.8) is 0 Å². The van der Waals surface area contributed by atoms with Gasteiger partial charge in [0.2, 0.25) is 15.8 Å². The summed E-state index contributed by atoms with van der Waals surface area (Å²) < 4.78 is 38.0. The first kappa shape index (κ1) is 24.9. The monoisotopic (exact) mass is 498 g/mol. The number of H-pyrrole nitrogens is 1. The molecule has 4 rings (SSSR count). The van der Waals surface area contributed by atoms with Gasteiger partial charge >= 0.3 is 5.97 Å². The Morgan fingerprint density at radius 2 is 1.77 bits per heavy atom. The van der Waals surface area contributed by atoms with E-state index in [9.17, 15) is 18.0 Å². The normalized spacial score (nSPS) is 15.3. The van der Waals surface area contributed by atoms with Crippen LogP contribution in [0, 0.1) is 5.92 Å². The lowest BCUT2D eigenvalue weighted by Gasteiger charge is -2.30. The average Bonchev–Trinajstić information content (AvgIpc) is 3.32. The molecule has 1 fully saturated rings. The van der Waals surface area contributed by atoms with Crippen LogP contribution in [0.3, 0.4) is 0 Å². The molecule has 1 saturated heterocycles. The van der Waals surface area contributed by atoms with Crippen molar-refractivity contribution in [3.05, 3.63) is 59.8 Å². The zero-order valence-corrected chi connectivity index (χ0v) is 20.8. The number of Topliss-reactive ketones (excluding diaryl/α,β-unsaturated/α-hetero) is 1. The third kappa shape index (κ3) is 5.26. The van der Waals surface area contributed by atoms with Crippen molar-refractivity contribution in [3.8, 4) is 5.75 Å². The van der Waals surface area contributed by atoms with E-state index in [4.69, 9.17) is 9.47 Å². The smallest absolute Gasteiger partial charge is 0.309 e. The number of carbonyl (C=O) groups is 2. The number of hydrogen-bond acceptors (Lipinski definition) is 6. The molecular weight excluding hydrogens is 468 g/mol. The fraction of sp³-hybridized carbons (Fsp3) is 0.385. The van der Waals surface area contributed by atoms with Crippen LogP contribution in [0.1, 0.15) is 42.6 Å². The van der Waals surface area contributed by atoms with Gasteiger partial charge in [-0.15, -0.1) is 0 Å². The minimum absolute atomic E-state index is 0.192. The summed E-state index contributed by atoms with van der Waals surface area (Å²) in [7, 11) is -3.66. The molecule has 0 atom stereocenters. The number of benzene rings is 2. The molecule has 186 valence electrons. The van der Waals surface area contributed by atoms with Crippen LogP contribution in [0.15, 0.2) is 53.6 Å². The number of ether oxygens (including phenoxy) is 2. The summed E-state index contributed by atoms with van der Waals surface area (Å²) >= 11 is 0. The van der Waals surface area contributed by atoms with Gasteiger partial charge in [0.1, 0.15) is 5.75 Å². The predicted molar refractivity (Wildman–Crippen MR) is 132 cm³/mol. The van der Waals surface area contributed by atoms with E-state index < -0.39 is 21.9 Å². The highest BCUT2D eigenvalue weighted by Gasteiger charge is 2.33. The number of nitrogens with one attached hydrogen (secondary N) is 1. The third-order valence-electron chi connectivity index (χ3n) is 6.39. The molecule has 0 unspecified atom stereocenters. The molecule has 0 radical (unpaired) electrons. The summed E-state index contributed by atoms with van der Waals surface area (Å²) in [5.41, 5.74) is 2.54. The number of rotatable bonds is 9. The van der Waals surface area contributed by atoms with E-state index in [2.05, 4.69) is 4.98 Å². The van der Waals surface area contributed by atoms with E-state index in [1.165, 1.54) is 16.4 Å². The van der Waals surface area contributed by atoms with Crippen molar-refractivity contribution in [2.75, 3.05) is 26.3 Å². The van der Waals surface area contributed by atoms with Crippen molar-refractivity contribution in [1.29, 1.82) is 0 Å². The van der Waals surface area contributed by atoms with Gasteiger partial charge in [-0.25, -0.2) is 8.42 Å². The lowest BCUT2D eigenvalue weighted by molar-refractivity contribution is -0.148. The number of fused-ring (bicyclic) bond motifs is 1. The van der Waals surface area contributed by atoms with Gasteiger partial charge in [0.15, 0.2) is 6.61 Å². The molecule has 9 heteroatoms. The van der Waals surface area contributed by atoms with Gasteiger partial charge in [-0.2, -0.15) is 4.31 Å². The van der Waals surface area contributed by atoms with E-state index in [0.717, 1.165) is 22.9 Å². The minimum Gasteiger partial charge on any atom is -0.494 e. The maximum atomic E-state index is 13.0. The molecule has 0 spiro atoms. The van der Waals surface area contributed by atoms with Crippen molar-refractivity contribution in [2.24, 2.45) is 5.92 Å². The van der Waals surface area contributed by atoms with Crippen LogP contribution in [-0.4, -0.2) is 55.8 Å². The molecule has 1 aliphatic rings. The number of nitrogens with zero attached hydrogens (tertiary/aromatic N) is 1. The summed E-state index contributed by atoms with van der Waals surface area (Å²) in [5.74, 6) is -0.566. The van der Waals surface area contributed by atoms with Crippen LogP contribution < -0.4 is 4.74 Å². The number of ketones is 1. The first-order valence-corrected chi connectivity index (χ1v) is 13.3. The van der Waals surface area contributed by atoms with E-state index in [-0.39, 0.29) is 30.4 Å². The lowest BCUT2D eigenvalue weighted by Crippen LogP contribution is -2.40. The number of aromatic nitrogens is 1. The number of sulfonamides is 1. The minimum atomic E-state index is -3.66. The molecule has 0 saturated carbocycles. The SMILES string of the molecule is CCOc1ccc(S(=O)(=O)N2CCC(C(=O)OCC(=O)c3c[nH]c4c(CC)cccc34)CC2)cc1. The van der Waals surface area contributed by atoms with Gasteiger partial charge in [0.25, 0.3) is 0 Å². The van der Waals surface area contributed by atoms with Gasteiger partial charge in [0.05, 0.1) is 17.4 Å². The molecule has 3 aromatic rings. The summed E-state index contributed by atoms with van der Waals surface area (Å²) in [5, 5.41) is 0.818. The highest BCUT2D eigenvalue weighted by atomic mass is 32.2. The highest BCUT2D eigenvalue weighted by Crippen LogP contribution is 2.26. The summed E-state index contributed by atoms with van der Waals surface area (Å²) in [6.07, 6.45) is 3.18. The Kier molecular flexibility index (Phi) is 7.57. The zero-order chi connectivity index (χ0) is 25.0. The van der Waals surface area contributed by atoms with Crippen LogP contribution in [0.5, 0.6) is 5.75 Å². The number of para-hydroxylation sites is 1. The summed E-state index contributed by atoms with van der Waals surface area (Å²) in [6, 6.07) is 12.1. The Hall–Kier alpha value is -3.17. The van der Waals surface area contributed by atoms with Crippen molar-refractivity contribution >= 4 is 32.7 Å². The Morgan fingerprint density at radius 1 is 1.06 bits per heavy atom. The van der Waals surface area contributed by atoms with Gasteiger partial charge in [0, 0.05) is 35.8 Å². The number of piperidine rings is 1. The molecule has 0 aliphatic carbocycles. The lowest BCUT2D eigenvalue weighted by atomic mass is 9.98. The fourth-order valence-corrected chi connectivity index (χ4v) is 5.90. The zero-order valence-electron chi connectivity index (χ0n) is 20.0.